The third-order valence-electron chi connectivity index (χ3n) is 4.94. The van der Waals surface area contributed by atoms with E-state index < -0.39 is 0 Å². The van der Waals surface area contributed by atoms with Gasteiger partial charge in [0.15, 0.2) is 5.96 Å². The molecule has 1 amide bonds. The molecule has 0 saturated carbocycles. The van der Waals surface area contributed by atoms with Gasteiger partial charge in [-0.15, -0.1) is 0 Å². The van der Waals surface area contributed by atoms with Crippen LogP contribution >= 0.6 is 0 Å². The molecule has 2 heterocycles. The van der Waals surface area contributed by atoms with Crippen LogP contribution in [0.1, 0.15) is 6.42 Å². The summed E-state index contributed by atoms with van der Waals surface area (Å²) in [7, 11) is 5.50. The number of nitrogens with zero attached hydrogens (tertiary/aromatic N) is 6. The zero-order chi connectivity index (χ0) is 20.8. The van der Waals surface area contributed by atoms with E-state index in [1.807, 2.05) is 36.2 Å². The minimum atomic E-state index is -0.233. The Labute approximate surface area is 170 Å². The first-order valence-corrected chi connectivity index (χ1v) is 9.69. The molecule has 1 aromatic carbocycles. The summed E-state index contributed by atoms with van der Waals surface area (Å²) in [5, 5.41) is 7.46. The number of piperazine rings is 1. The van der Waals surface area contributed by atoms with Gasteiger partial charge in [-0.3, -0.25) is 14.5 Å². The van der Waals surface area contributed by atoms with Crippen LogP contribution in [-0.2, 0) is 11.8 Å². The second kappa shape index (κ2) is 9.40. The molecule has 3 rings (SSSR count). The topological polar surface area (TPSA) is 69.0 Å². The standard InChI is InChI=1S/C20H28FN7O/c1-22-20(23-8-5-9-25(2)17-7-4-6-16(21)12-17)27-10-11-28(19(29)15-27)18-13-24-26(3)14-18/h4,6-7,12-14H,5,8-11,15H2,1-3H3,(H,22,23). The van der Waals surface area contributed by atoms with Crippen molar-refractivity contribution in [3.63, 3.8) is 0 Å². The Bertz CT molecular complexity index is 866. The number of halogens is 1. The van der Waals surface area contributed by atoms with E-state index in [4.69, 9.17) is 0 Å². The van der Waals surface area contributed by atoms with Crippen LogP contribution in [0.3, 0.4) is 0 Å². The summed E-state index contributed by atoms with van der Waals surface area (Å²) >= 11 is 0. The van der Waals surface area contributed by atoms with E-state index in [2.05, 4.69) is 15.4 Å². The highest BCUT2D eigenvalue weighted by atomic mass is 19.1. The smallest absolute Gasteiger partial charge is 0.246 e. The third kappa shape index (κ3) is 5.24. The van der Waals surface area contributed by atoms with Crippen molar-refractivity contribution in [1.82, 2.24) is 20.0 Å². The normalized spacial score (nSPS) is 15.0. The molecule has 0 spiro atoms. The Hall–Kier alpha value is -3.10. The lowest BCUT2D eigenvalue weighted by Crippen LogP contribution is -2.55. The van der Waals surface area contributed by atoms with E-state index in [9.17, 15) is 9.18 Å². The zero-order valence-corrected chi connectivity index (χ0v) is 17.2. The molecule has 1 aromatic heterocycles. The van der Waals surface area contributed by atoms with Crippen LogP contribution in [0.15, 0.2) is 41.7 Å². The maximum absolute atomic E-state index is 13.3. The summed E-state index contributed by atoms with van der Waals surface area (Å²) in [6, 6.07) is 6.57. The van der Waals surface area contributed by atoms with Gasteiger partial charge in [0.25, 0.3) is 0 Å². The molecule has 156 valence electrons. The number of carbonyl (C=O) groups is 1. The summed E-state index contributed by atoms with van der Waals surface area (Å²) in [5.74, 6) is 0.513. The number of rotatable bonds is 6. The van der Waals surface area contributed by atoms with E-state index in [1.54, 1.807) is 28.9 Å². The van der Waals surface area contributed by atoms with Crippen molar-refractivity contribution >= 4 is 23.2 Å². The number of hydrogen-bond acceptors (Lipinski definition) is 4. The van der Waals surface area contributed by atoms with Crippen LogP contribution in [0.25, 0.3) is 0 Å². The second-order valence-electron chi connectivity index (χ2n) is 7.07. The highest BCUT2D eigenvalue weighted by Gasteiger charge is 2.27. The number of aryl methyl sites for hydroxylation is 1. The maximum atomic E-state index is 13.3. The molecule has 1 N–H and O–H groups in total. The average Bonchev–Trinajstić information content (AvgIpc) is 3.13. The van der Waals surface area contributed by atoms with Crippen molar-refractivity contribution in [3.8, 4) is 0 Å². The van der Waals surface area contributed by atoms with Crippen molar-refractivity contribution in [2.24, 2.45) is 12.0 Å². The molecule has 1 aliphatic rings. The predicted molar refractivity (Wildman–Crippen MR) is 113 cm³/mol. The first-order chi connectivity index (χ1) is 14.0. The number of benzene rings is 1. The second-order valence-corrected chi connectivity index (χ2v) is 7.07. The number of carbonyl (C=O) groups excluding carboxylic acids is 1. The van der Waals surface area contributed by atoms with Crippen LogP contribution in [-0.4, -0.2) is 73.4 Å². The Balaban J connectivity index is 1.45. The van der Waals surface area contributed by atoms with Gasteiger partial charge < -0.3 is 20.0 Å². The Morgan fingerprint density at radius 1 is 1.38 bits per heavy atom. The first-order valence-electron chi connectivity index (χ1n) is 9.69. The lowest BCUT2D eigenvalue weighted by molar-refractivity contribution is -0.120. The molecule has 0 atom stereocenters. The van der Waals surface area contributed by atoms with Gasteiger partial charge in [0.1, 0.15) is 12.4 Å². The van der Waals surface area contributed by atoms with Crippen LogP contribution in [0.5, 0.6) is 0 Å². The number of anilines is 2. The largest absolute Gasteiger partial charge is 0.374 e. The highest BCUT2D eigenvalue weighted by molar-refractivity contribution is 5.98. The number of nitrogens with one attached hydrogen (secondary N) is 1. The number of amides is 1. The fraction of sp³-hybridized carbons (Fsp3) is 0.450. The lowest BCUT2D eigenvalue weighted by atomic mass is 10.2. The SMILES string of the molecule is CN=C(NCCCN(C)c1cccc(F)c1)N1CCN(c2cnn(C)c2)C(=O)C1. The minimum Gasteiger partial charge on any atom is -0.374 e. The minimum absolute atomic E-state index is 0.0260. The van der Waals surface area contributed by atoms with Crippen molar-refractivity contribution in [2.75, 3.05) is 56.6 Å². The Kier molecular flexibility index (Phi) is 6.69. The van der Waals surface area contributed by atoms with Crippen molar-refractivity contribution < 1.29 is 9.18 Å². The van der Waals surface area contributed by atoms with Crippen molar-refractivity contribution in [2.45, 2.75) is 6.42 Å². The fourth-order valence-corrected chi connectivity index (χ4v) is 3.37. The predicted octanol–water partition coefficient (Wildman–Crippen LogP) is 1.31. The van der Waals surface area contributed by atoms with Crippen molar-refractivity contribution in [1.29, 1.82) is 0 Å². The van der Waals surface area contributed by atoms with Gasteiger partial charge in [-0.25, -0.2) is 4.39 Å². The van der Waals surface area contributed by atoms with Gasteiger partial charge in [-0.05, 0) is 24.6 Å². The van der Waals surface area contributed by atoms with Gasteiger partial charge in [0, 0.05) is 59.2 Å². The van der Waals surface area contributed by atoms with E-state index >= 15 is 0 Å². The number of guanidine groups is 1. The van der Waals surface area contributed by atoms with E-state index in [1.165, 1.54) is 12.1 Å². The number of aliphatic imine (C=N–C) groups is 1. The molecule has 0 radical (unpaired) electrons. The molecule has 1 saturated heterocycles. The van der Waals surface area contributed by atoms with Gasteiger partial charge in [0.05, 0.1) is 11.9 Å². The van der Waals surface area contributed by atoms with Crippen LogP contribution in [0.4, 0.5) is 15.8 Å². The summed E-state index contributed by atoms with van der Waals surface area (Å²) < 4.78 is 15.0. The molecule has 1 fully saturated rings. The summed E-state index contributed by atoms with van der Waals surface area (Å²) in [5.41, 5.74) is 1.67. The quantitative estimate of drug-likeness (QED) is 0.449. The molecular weight excluding hydrogens is 373 g/mol. The Morgan fingerprint density at radius 2 is 2.21 bits per heavy atom. The molecule has 29 heavy (non-hydrogen) atoms. The summed E-state index contributed by atoms with van der Waals surface area (Å²) in [4.78, 5) is 22.6. The Morgan fingerprint density at radius 3 is 2.86 bits per heavy atom. The maximum Gasteiger partial charge on any atom is 0.246 e. The average molecular weight is 401 g/mol. The summed E-state index contributed by atoms with van der Waals surface area (Å²) in [6.07, 6.45) is 4.40. The molecular formula is C20H28FN7O. The van der Waals surface area contributed by atoms with Gasteiger partial charge in [-0.1, -0.05) is 6.07 Å². The molecule has 0 unspecified atom stereocenters. The molecule has 0 aliphatic carbocycles. The van der Waals surface area contributed by atoms with Crippen LogP contribution in [0, 0.1) is 5.82 Å². The number of aromatic nitrogens is 2. The van der Waals surface area contributed by atoms with Crippen molar-refractivity contribution in [3.05, 3.63) is 42.5 Å². The van der Waals surface area contributed by atoms with E-state index in [0.29, 0.717) is 19.6 Å². The zero-order valence-electron chi connectivity index (χ0n) is 17.2. The molecule has 8 nitrogen and oxygen atoms in total. The van der Waals surface area contributed by atoms with Gasteiger partial charge in [0.2, 0.25) is 5.91 Å². The monoisotopic (exact) mass is 401 g/mol. The third-order valence-corrected chi connectivity index (χ3v) is 4.94. The van der Waals surface area contributed by atoms with Crippen LogP contribution in [0.2, 0.25) is 0 Å². The highest BCUT2D eigenvalue weighted by Crippen LogP contribution is 2.16. The number of hydrogen-bond donors (Lipinski definition) is 1. The molecule has 9 heteroatoms. The van der Waals surface area contributed by atoms with Gasteiger partial charge in [-0.2, -0.15) is 5.10 Å². The molecule has 2 aromatic rings. The fourth-order valence-electron chi connectivity index (χ4n) is 3.37. The summed E-state index contributed by atoms with van der Waals surface area (Å²) in [6.45, 7) is 3.05. The molecule has 0 bridgehead atoms. The molecule has 1 aliphatic heterocycles. The van der Waals surface area contributed by atoms with Gasteiger partial charge >= 0.3 is 0 Å². The van der Waals surface area contributed by atoms with Crippen LogP contribution < -0.4 is 15.1 Å². The lowest BCUT2D eigenvalue weighted by Gasteiger charge is -2.35. The van der Waals surface area contributed by atoms with E-state index in [-0.39, 0.29) is 18.3 Å². The first kappa shape index (κ1) is 20.6. The van der Waals surface area contributed by atoms with E-state index in [0.717, 1.165) is 30.3 Å².